The van der Waals surface area contributed by atoms with Gasteiger partial charge < -0.3 is 20.1 Å². The van der Waals surface area contributed by atoms with E-state index in [1.807, 2.05) is 13.8 Å². The summed E-state index contributed by atoms with van der Waals surface area (Å²) in [5.41, 5.74) is 0.626. The van der Waals surface area contributed by atoms with Gasteiger partial charge in [-0.2, -0.15) is 0 Å². The summed E-state index contributed by atoms with van der Waals surface area (Å²) < 4.78 is 10.9. The average Bonchev–Trinajstić information content (AvgIpc) is 2.33. The highest BCUT2D eigenvalue weighted by Gasteiger charge is 2.07. The van der Waals surface area contributed by atoms with Gasteiger partial charge in [-0.05, 0) is 32.2 Å². The Bertz CT molecular complexity index is 419. The van der Waals surface area contributed by atoms with E-state index in [0.29, 0.717) is 30.4 Å². The van der Waals surface area contributed by atoms with Crippen LogP contribution in [0.2, 0.25) is 0 Å². The summed E-state index contributed by atoms with van der Waals surface area (Å²) in [5.74, 6) is 1.27. The van der Waals surface area contributed by atoms with E-state index in [-0.39, 0.29) is 6.03 Å². The first-order valence-electron chi connectivity index (χ1n) is 5.79. The SMILES string of the molecule is C=CNC(=O)Nc1ccc(OCC)c(OCC)c1. The molecule has 18 heavy (non-hydrogen) atoms. The first kappa shape index (κ1) is 13.9. The highest BCUT2D eigenvalue weighted by atomic mass is 16.5. The van der Waals surface area contributed by atoms with Crippen molar-refractivity contribution in [2.24, 2.45) is 0 Å². The summed E-state index contributed by atoms with van der Waals surface area (Å²) in [7, 11) is 0. The van der Waals surface area contributed by atoms with Gasteiger partial charge in [0, 0.05) is 11.8 Å². The fraction of sp³-hybridized carbons (Fsp3) is 0.308. The second-order valence-corrected chi connectivity index (χ2v) is 3.33. The molecular formula is C13H18N2O3. The normalized spacial score (nSPS) is 9.44. The number of hydrogen-bond donors (Lipinski definition) is 2. The maximum atomic E-state index is 11.3. The maximum absolute atomic E-state index is 11.3. The second-order valence-electron chi connectivity index (χ2n) is 3.33. The summed E-state index contributed by atoms with van der Waals surface area (Å²) in [4.78, 5) is 11.3. The van der Waals surface area contributed by atoms with Gasteiger partial charge in [0.1, 0.15) is 0 Å². The number of anilines is 1. The highest BCUT2D eigenvalue weighted by Crippen LogP contribution is 2.30. The lowest BCUT2D eigenvalue weighted by Crippen LogP contribution is -2.23. The van der Waals surface area contributed by atoms with Gasteiger partial charge in [-0.1, -0.05) is 6.58 Å². The third kappa shape index (κ3) is 4.01. The number of carbonyl (C=O) groups excluding carboxylic acids is 1. The van der Waals surface area contributed by atoms with E-state index in [4.69, 9.17) is 9.47 Å². The largest absolute Gasteiger partial charge is 0.490 e. The fourth-order valence-corrected chi connectivity index (χ4v) is 1.39. The van der Waals surface area contributed by atoms with Crippen LogP contribution in [0.15, 0.2) is 31.0 Å². The molecule has 0 bridgehead atoms. The number of benzene rings is 1. The van der Waals surface area contributed by atoms with Crippen LogP contribution in [0.3, 0.4) is 0 Å². The topological polar surface area (TPSA) is 59.6 Å². The Labute approximate surface area is 107 Å². The molecule has 0 atom stereocenters. The average molecular weight is 250 g/mol. The smallest absolute Gasteiger partial charge is 0.323 e. The number of hydrogen-bond acceptors (Lipinski definition) is 3. The van der Waals surface area contributed by atoms with E-state index in [1.165, 1.54) is 6.20 Å². The van der Waals surface area contributed by atoms with Crippen molar-refractivity contribution in [1.82, 2.24) is 5.32 Å². The van der Waals surface area contributed by atoms with Crippen LogP contribution in [0.1, 0.15) is 13.8 Å². The minimum Gasteiger partial charge on any atom is -0.490 e. The lowest BCUT2D eigenvalue weighted by atomic mass is 10.2. The van der Waals surface area contributed by atoms with E-state index < -0.39 is 0 Å². The van der Waals surface area contributed by atoms with E-state index in [2.05, 4.69) is 17.2 Å². The molecular weight excluding hydrogens is 232 g/mol. The Morgan fingerprint density at radius 2 is 1.94 bits per heavy atom. The number of ether oxygens (including phenoxy) is 2. The van der Waals surface area contributed by atoms with Crippen LogP contribution >= 0.6 is 0 Å². The molecule has 0 unspecified atom stereocenters. The molecule has 2 amide bonds. The molecule has 1 aromatic carbocycles. The lowest BCUT2D eigenvalue weighted by molar-refractivity contribution is 0.255. The van der Waals surface area contributed by atoms with Gasteiger partial charge in [0.15, 0.2) is 11.5 Å². The molecule has 0 saturated carbocycles. The van der Waals surface area contributed by atoms with Crippen LogP contribution in [0, 0.1) is 0 Å². The van der Waals surface area contributed by atoms with Crippen LogP contribution in [0.4, 0.5) is 10.5 Å². The molecule has 0 fully saturated rings. The number of rotatable bonds is 6. The zero-order valence-corrected chi connectivity index (χ0v) is 10.7. The molecule has 5 nitrogen and oxygen atoms in total. The Morgan fingerprint density at radius 3 is 2.56 bits per heavy atom. The van der Waals surface area contributed by atoms with Crippen LogP contribution in [0.5, 0.6) is 11.5 Å². The first-order chi connectivity index (χ1) is 8.71. The molecule has 0 heterocycles. The number of urea groups is 1. The maximum Gasteiger partial charge on any atom is 0.323 e. The van der Waals surface area contributed by atoms with Gasteiger partial charge in [0.2, 0.25) is 0 Å². The molecule has 0 aromatic heterocycles. The fourth-order valence-electron chi connectivity index (χ4n) is 1.39. The number of nitrogens with one attached hydrogen (secondary N) is 2. The van der Waals surface area contributed by atoms with Crippen LogP contribution in [0.25, 0.3) is 0 Å². The molecule has 0 radical (unpaired) electrons. The molecule has 98 valence electrons. The van der Waals surface area contributed by atoms with Crippen molar-refractivity contribution < 1.29 is 14.3 Å². The summed E-state index contributed by atoms with van der Waals surface area (Å²) in [6.45, 7) is 8.29. The number of carbonyl (C=O) groups is 1. The van der Waals surface area contributed by atoms with Crippen LogP contribution < -0.4 is 20.1 Å². The standard InChI is InChI=1S/C13H18N2O3/c1-4-14-13(16)15-10-7-8-11(17-5-2)12(9-10)18-6-3/h4,7-9H,1,5-6H2,2-3H3,(H2,14,15,16). The molecule has 1 aromatic rings. The van der Waals surface area contributed by atoms with Gasteiger partial charge in [0.05, 0.1) is 13.2 Å². The highest BCUT2D eigenvalue weighted by molar-refractivity contribution is 5.90. The van der Waals surface area contributed by atoms with Gasteiger partial charge in [-0.25, -0.2) is 4.79 Å². The summed E-state index contributed by atoms with van der Waals surface area (Å²) in [6, 6.07) is 4.88. The molecule has 0 saturated heterocycles. The molecule has 5 heteroatoms. The quantitative estimate of drug-likeness (QED) is 0.816. The summed E-state index contributed by atoms with van der Waals surface area (Å²) in [6.07, 6.45) is 1.31. The Hall–Kier alpha value is -2.17. The number of amides is 2. The molecule has 2 N–H and O–H groups in total. The summed E-state index contributed by atoms with van der Waals surface area (Å²) in [5, 5.41) is 5.08. The predicted octanol–water partition coefficient (Wildman–Crippen LogP) is 2.75. The van der Waals surface area contributed by atoms with E-state index in [1.54, 1.807) is 18.2 Å². The van der Waals surface area contributed by atoms with E-state index in [0.717, 1.165) is 0 Å². The molecule has 0 spiro atoms. The second kappa shape index (κ2) is 7.21. The van der Waals surface area contributed by atoms with Gasteiger partial charge in [-0.3, -0.25) is 0 Å². The minimum absolute atomic E-state index is 0.350. The van der Waals surface area contributed by atoms with Gasteiger partial charge >= 0.3 is 6.03 Å². The van der Waals surface area contributed by atoms with Crippen molar-refractivity contribution in [3.63, 3.8) is 0 Å². The van der Waals surface area contributed by atoms with Crippen molar-refractivity contribution in [3.8, 4) is 11.5 Å². The third-order valence-electron chi connectivity index (χ3n) is 2.03. The van der Waals surface area contributed by atoms with Crippen LogP contribution in [-0.2, 0) is 0 Å². The molecule has 0 aliphatic rings. The van der Waals surface area contributed by atoms with Gasteiger partial charge in [-0.15, -0.1) is 0 Å². The summed E-state index contributed by atoms with van der Waals surface area (Å²) >= 11 is 0. The predicted molar refractivity (Wildman–Crippen MR) is 71.1 cm³/mol. The molecule has 1 rings (SSSR count). The monoisotopic (exact) mass is 250 g/mol. The molecule has 0 aliphatic carbocycles. The van der Waals surface area contributed by atoms with Crippen molar-refractivity contribution in [2.75, 3.05) is 18.5 Å². The van der Waals surface area contributed by atoms with E-state index in [9.17, 15) is 4.79 Å². The zero-order chi connectivity index (χ0) is 13.4. The van der Waals surface area contributed by atoms with Crippen molar-refractivity contribution in [1.29, 1.82) is 0 Å². The van der Waals surface area contributed by atoms with Crippen molar-refractivity contribution >= 4 is 11.7 Å². The Morgan fingerprint density at radius 1 is 1.28 bits per heavy atom. The lowest BCUT2D eigenvalue weighted by Gasteiger charge is -2.12. The van der Waals surface area contributed by atoms with Gasteiger partial charge in [0.25, 0.3) is 0 Å². The van der Waals surface area contributed by atoms with E-state index >= 15 is 0 Å². The first-order valence-corrected chi connectivity index (χ1v) is 5.79. The van der Waals surface area contributed by atoms with Crippen LogP contribution in [-0.4, -0.2) is 19.2 Å². The Kier molecular flexibility index (Phi) is 5.57. The van der Waals surface area contributed by atoms with Crippen molar-refractivity contribution in [3.05, 3.63) is 31.0 Å². The Balaban J connectivity index is 2.84. The third-order valence-corrected chi connectivity index (χ3v) is 2.03. The molecule has 0 aliphatic heterocycles. The van der Waals surface area contributed by atoms with Crippen molar-refractivity contribution in [2.45, 2.75) is 13.8 Å². The zero-order valence-electron chi connectivity index (χ0n) is 10.7. The minimum atomic E-state index is -0.350.